The van der Waals surface area contributed by atoms with Crippen LogP contribution in [0.4, 0.5) is 17.3 Å². The largest absolute Gasteiger partial charge is 0.381 e. The molecule has 1 aliphatic heterocycles. The standard InChI is InChI=1S/C22H26N6O4S/c1-14(29)24-20-12-19(17(13-23-20)18-4-7-28(2)27-18)25-21-10-16(15-5-8-32-9-6-15)11-22(26-21)33(3,30)31/h4,7,10-13,15H,5-6,8-9H2,1-3H3,(H2,23,24,25,26,29). The van der Waals surface area contributed by atoms with Gasteiger partial charge in [-0.05, 0) is 42.5 Å². The van der Waals surface area contributed by atoms with Crippen molar-refractivity contribution in [3.63, 3.8) is 0 Å². The molecule has 1 fully saturated rings. The van der Waals surface area contributed by atoms with E-state index >= 15 is 0 Å². The van der Waals surface area contributed by atoms with E-state index in [1.54, 1.807) is 23.0 Å². The number of nitrogens with one attached hydrogen (secondary N) is 2. The normalized spacial score (nSPS) is 14.8. The molecule has 0 radical (unpaired) electrons. The lowest BCUT2D eigenvalue weighted by Crippen LogP contribution is -2.15. The number of hydrogen-bond acceptors (Lipinski definition) is 8. The molecule has 3 aromatic heterocycles. The van der Waals surface area contributed by atoms with E-state index in [4.69, 9.17) is 4.74 Å². The van der Waals surface area contributed by atoms with E-state index in [0.717, 1.165) is 24.7 Å². The topological polar surface area (TPSA) is 128 Å². The average molecular weight is 471 g/mol. The van der Waals surface area contributed by atoms with Gasteiger partial charge in [-0.15, -0.1) is 0 Å². The molecule has 1 amide bonds. The fourth-order valence-corrected chi connectivity index (χ4v) is 4.37. The van der Waals surface area contributed by atoms with Crippen LogP contribution in [0.1, 0.15) is 31.2 Å². The quantitative estimate of drug-likeness (QED) is 0.563. The van der Waals surface area contributed by atoms with E-state index < -0.39 is 9.84 Å². The number of hydrogen-bond donors (Lipinski definition) is 2. The Bertz CT molecular complexity index is 1280. The molecule has 2 N–H and O–H groups in total. The van der Waals surface area contributed by atoms with Gasteiger partial charge in [0, 0.05) is 57.5 Å². The number of pyridine rings is 2. The summed E-state index contributed by atoms with van der Waals surface area (Å²) in [5.41, 5.74) is 2.84. The van der Waals surface area contributed by atoms with E-state index in [9.17, 15) is 13.2 Å². The highest BCUT2D eigenvalue weighted by Crippen LogP contribution is 2.33. The van der Waals surface area contributed by atoms with Gasteiger partial charge in [0.15, 0.2) is 14.9 Å². The highest BCUT2D eigenvalue weighted by Gasteiger charge is 2.21. The van der Waals surface area contributed by atoms with Crippen LogP contribution >= 0.6 is 0 Å². The molecule has 0 spiro atoms. The Morgan fingerprint density at radius 2 is 1.94 bits per heavy atom. The number of carbonyl (C=O) groups excluding carboxylic acids is 1. The molecular weight excluding hydrogens is 444 g/mol. The minimum absolute atomic E-state index is 0.00418. The summed E-state index contributed by atoms with van der Waals surface area (Å²) in [6.07, 6.45) is 6.19. The van der Waals surface area contributed by atoms with Gasteiger partial charge in [0.05, 0.1) is 11.4 Å². The zero-order valence-corrected chi connectivity index (χ0v) is 19.5. The lowest BCUT2D eigenvalue weighted by atomic mass is 9.92. The highest BCUT2D eigenvalue weighted by molar-refractivity contribution is 7.90. The summed E-state index contributed by atoms with van der Waals surface area (Å²) in [5, 5.41) is 10.4. The monoisotopic (exact) mass is 470 g/mol. The van der Waals surface area contributed by atoms with Crippen molar-refractivity contribution >= 4 is 33.1 Å². The number of rotatable bonds is 6. The van der Waals surface area contributed by atoms with Crippen LogP contribution in [-0.2, 0) is 26.4 Å². The number of aryl methyl sites for hydroxylation is 1. The Morgan fingerprint density at radius 3 is 2.58 bits per heavy atom. The van der Waals surface area contributed by atoms with Crippen LogP contribution in [0.3, 0.4) is 0 Å². The molecule has 0 aromatic carbocycles. The first-order valence-electron chi connectivity index (χ1n) is 10.5. The third-order valence-corrected chi connectivity index (χ3v) is 6.33. The van der Waals surface area contributed by atoms with E-state index in [1.807, 2.05) is 25.4 Å². The van der Waals surface area contributed by atoms with Gasteiger partial charge in [-0.3, -0.25) is 9.48 Å². The van der Waals surface area contributed by atoms with Gasteiger partial charge in [-0.2, -0.15) is 5.10 Å². The molecule has 1 aliphatic rings. The molecule has 10 nitrogen and oxygen atoms in total. The minimum atomic E-state index is -3.53. The number of aromatic nitrogens is 4. The summed E-state index contributed by atoms with van der Waals surface area (Å²) in [6, 6.07) is 7.03. The van der Waals surface area contributed by atoms with Gasteiger partial charge in [-0.1, -0.05) is 0 Å². The van der Waals surface area contributed by atoms with Crippen molar-refractivity contribution in [2.75, 3.05) is 30.1 Å². The smallest absolute Gasteiger partial charge is 0.222 e. The number of anilines is 3. The molecule has 0 atom stereocenters. The summed E-state index contributed by atoms with van der Waals surface area (Å²) >= 11 is 0. The summed E-state index contributed by atoms with van der Waals surface area (Å²) in [7, 11) is -1.72. The summed E-state index contributed by atoms with van der Waals surface area (Å²) in [4.78, 5) is 20.2. The first kappa shape index (κ1) is 22.9. The number of nitrogens with zero attached hydrogens (tertiary/aromatic N) is 4. The number of carbonyl (C=O) groups is 1. The molecule has 1 saturated heterocycles. The van der Waals surface area contributed by atoms with Crippen molar-refractivity contribution < 1.29 is 17.9 Å². The molecule has 33 heavy (non-hydrogen) atoms. The fraction of sp³-hybridized carbons (Fsp3) is 0.364. The van der Waals surface area contributed by atoms with Crippen LogP contribution in [0.15, 0.2) is 41.7 Å². The third-order valence-electron chi connectivity index (χ3n) is 5.36. The molecule has 11 heteroatoms. The third kappa shape index (κ3) is 5.55. The summed E-state index contributed by atoms with van der Waals surface area (Å²) in [5.74, 6) is 0.675. The molecule has 0 bridgehead atoms. The van der Waals surface area contributed by atoms with E-state index in [-0.39, 0.29) is 16.9 Å². The second kappa shape index (κ2) is 9.28. The van der Waals surface area contributed by atoms with Crippen molar-refractivity contribution in [1.29, 1.82) is 0 Å². The SMILES string of the molecule is CC(=O)Nc1cc(Nc2cc(C3CCOCC3)cc(S(C)(=O)=O)n2)c(-c2ccn(C)n2)cn1. The Labute approximate surface area is 192 Å². The summed E-state index contributed by atoms with van der Waals surface area (Å²) < 4.78 is 31.8. The number of sulfone groups is 1. The van der Waals surface area contributed by atoms with Crippen molar-refractivity contribution in [2.45, 2.75) is 30.7 Å². The van der Waals surface area contributed by atoms with Crippen LogP contribution in [0.5, 0.6) is 0 Å². The predicted octanol–water partition coefficient (Wildman–Crippen LogP) is 2.88. The van der Waals surface area contributed by atoms with Gasteiger partial charge in [0.25, 0.3) is 0 Å². The van der Waals surface area contributed by atoms with E-state index in [2.05, 4.69) is 25.7 Å². The fourth-order valence-electron chi connectivity index (χ4n) is 3.75. The van der Waals surface area contributed by atoms with Gasteiger partial charge in [0.2, 0.25) is 5.91 Å². The molecule has 0 unspecified atom stereocenters. The zero-order chi connectivity index (χ0) is 23.6. The number of amides is 1. The second-order valence-electron chi connectivity index (χ2n) is 8.08. The molecule has 174 valence electrons. The van der Waals surface area contributed by atoms with Crippen LogP contribution < -0.4 is 10.6 Å². The van der Waals surface area contributed by atoms with Crippen LogP contribution in [0.25, 0.3) is 11.3 Å². The lowest BCUT2D eigenvalue weighted by molar-refractivity contribution is -0.114. The zero-order valence-electron chi connectivity index (χ0n) is 18.7. The van der Waals surface area contributed by atoms with Gasteiger partial charge >= 0.3 is 0 Å². The van der Waals surface area contributed by atoms with E-state index in [1.165, 1.54) is 6.92 Å². The molecule has 0 saturated carbocycles. The Hall–Kier alpha value is -3.31. The maximum Gasteiger partial charge on any atom is 0.222 e. The highest BCUT2D eigenvalue weighted by atomic mass is 32.2. The van der Waals surface area contributed by atoms with Gasteiger partial charge in [-0.25, -0.2) is 18.4 Å². The van der Waals surface area contributed by atoms with Gasteiger partial charge in [0.1, 0.15) is 11.6 Å². The van der Waals surface area contributed by atoms with Crippen LogP contribution in [-0.4, -0.2) is 53.5 Å². The Balaban J connectivity index is 1.78. The molecule has 0 aliphatic carbocycles. The van der Waals surface area contributed by atoms with Crippen molar-refractivity contribution in [1.82, 2.24) is 19.7 Å². The van der Waals surface area contributed by atoms with Crippen molar-refractivity contribution in [3.05, 3.63) is 42.2 Å². The van der Waals surface area contributed by atoms with Crippen LogP contribution in [0.2, 0.25) is 0 Å². The number of ether oxygens (including phenoxy) is 1. The first-order chi connectivity index (χ1) is 15.7. The van der Waals surface area contributed by atoms with Crippen molar-refractivity contribution in [2.24, 2.45) is 7.05 Å². The molecular formula is C22H26N6O4S. The lowest BCUT2D eigenvalue weighted by Gasteiger charge is -2.23. The van der Waals surface area contributed by atoms with Crippen molar-refractivity contribution in [3.8, 4) is 11.3 Å². The first-order valence-corrected chi connectivity index (χ1v) is 12.4. The maximum atomic E-state index is 12.4. The Kier molecular flexibility index (Phi) is 6.43. The van der Waals surface area contributed by atoms with Crippen LogP contribution in [0, 0.1) is 0 Å². The van der Waals surface area contributed by atoms with Gasteiger partial charge < -0.3 is 15.4 Å². The molecule has 4 heterocycles. The molecule has 4 rings (SSSR count). The molecule has 3 aromatic rings. The Morgan fingerprint density at radius 1 is 1.18 bits per heavy atom. The van der Waals surface area contributed by atoms with E-state index in [0.29, 0.717) is 41.8 Å². The predicted molar refractivity (Wildman–Crippen MR) is 124 cm³/mol. The summed E-state index contributed by atoms with van der Waals surface area (Å²) in [6.45, 7) is 2.68. The average Bonchev–Trinajstić information content (AvgIpc) is 3.19. The second-order valence-corrected chi connectivity index (χ2v) is 10.0. The maximum absolute atomic E-state index is 12.4. The minimum Gasteiger partial charge on any atom is -0.381 e.